The van der Waals surface area contributed by atoms with Gasteiger partial charge in [-0.3, -0.25) is 4.79 Å². The molecule has 2 aromatic heterocycles. The highest BCUT2D eigenvalue weighted by atomic mass is 19.1. The van der Waals surface area contributed by atoms with E-state index in [4.69, 9.17) is 0 Å². The number of halogens is 2. The van der Waals surface area contributed by atoms with Crippen LogP contribution in [0.15, 0.2) is 53.6 Å². The van der Waals surface area contributed by atoms with Crippen LogP contribution in [0.3, 0.4) is 0 Å². The monoisotopic (exact) mass is 355 g/mol. The van der Waals surface area contributed by atoms with Crippen molar-refractivity contribution in [2.75, 3.05) is 5.32 Å². The summed E-state index contributed by atoms with van der Waals surface area (Å²) in [6.07, 6.45) is 1.33. The van der Waals surface area contributed by atoms with Gasteiger partial charge in [0.2, 0.25) is 5.91 Å². The van der Waals surface area contributed by atoms with Crippen LogP contribution in [0.1, 0.15) is 0 Å². The average Bonchev–Trinajstić information content (AvgIpc) is 2.94. The van der Waals surface area contributed by atoms with Crippen LogP contribution in [0.2, 0.25) is 0 Å². The van der Waals surface area contributed by atoms with Crippen molar-refractivity contribution in [2.45, 2.75) is 6.54 Å². The number of benzene rings is 2. The summed E-state index contributed by atoms with van der Waals surface area (Å²) in [5, 5.41) is 7.12. The lowest BCUT2D eigenvalue weighted by Crippen LogP contribution is -2.28. The van der Waals surface area contributed by atoms with Gasteiger partial charge in [0.1, 0.15) is 24.5 Å². The molecule has 2 aromatic carbocycles. The van der Waals surface area contributed by atoms with Crippen molar-refractivity contribution in [1.82, 2.24) is 19.2 Å². The number of hydrogen-bond acceptors (Lipinski definition) is 4. The summed E-state index contributed by atoms with van der Waals surface area (Å²) in [4.78, 5) is 28.7. The lowest BCUT2D eigenvalue weighted by atomic mass is 10.2. The van der Waals surface area contributed by atoms with Crippen LogP contribution < -0.4 is 11.0 Å². The Morgan fingerprint density at radius 1 is 1.15 bits per heavy atom. The van der Waals surface area contributed by atoms with Gasteiger partial charge in [0.25, 0.3) is 0 Å². The van der Waals surface area contributed by atoms with E-state index in [9.17, 15) is 18.4 Å². The summed E-state index contributed by atoms with van der Waals surface area (Å²) in [5.41, 5.74) is 0.296. The van der Waals surface area contributed by atoms with Crippen molar-refractivity contribution in [3.05, 3.63) is 70.9 Å². The number of carbonyl (C=O) groups is 1. The molecule has 0 aliphatic rings. The van der Waals surface area contributed by atoms with Crippen LogP contribution in [0.25, 0.3) is 16.6 Å². The van der Waals surface area contributed by atoms with E-state index in [2.05, 4.69) is 15.4 Å². The largest absolute Gasteiger partial charge is 0.352 e. The van der Waals surface area contributed by atoms with E-state index < -0.39 is 29.8 Å². The third-order valence-corrected chi connectivity index (χ3v) is 3.83. The minimum atomic E-state index is -0.907. The molecule has 1 N–H and O–H groups in total. The second-order valence-electron chi connectivity index (χ2n) is 5.57. The van der Waals surface area contributed by atoms with Gasteiger partial charge < -0.3 is 5.32 Å². The van der Waals surface area contributed by atoms with Crippen LogP contribution in [0, 0.1) is 11.6 Å². The minimum Gasteiger partial charge on any atom is -0.322 e. The van der Waals surface area contributed by atoms with Crippen LogP contribution in [-0.2, 0) is 11.3 Å². The number of para-hydroxylation sites is 1. The molecule has 9 heteroatoms. The maximum atomic E-state index is 13.6. The Labute approximate surface area is 144 Å². The highest BCUT2D eigenvalue weighted by Gasteiger charge is 2.14. The fourth-order valence-corrected chi connectivity index (χ4v) is 2.62. The molecule has 0 unspecified atom stereocenters. The number of anilines is 1. The lowest BCUT2D eigenvalue weighted by Gasteiger charge is -2.05. The molecule has 0 atom stereocenters. The SMILES string of the molecule is O=C(Cn1nc2c3ccccc3ncn2c1=O)Nc1ccc(F)cc1F. The van der Waals surface area contributed by atoms with E-state index in [1.165, 1.54) is 10.7 Å². The molecule has 1 amide bonds. The molecule has 4 aromatic rings. The molecular weight excluding hydrogens is 344 g/mol. The molecule has 7 nitrogen and oxygen atoms in total. The zero-order chi connectivity index (χ0) is 18.3. The Bertz CT molecular complexity index is 1210. The van der Waals surface area contributed by atoms with E-state index in [-0.39, 0.29) is 5.69 Å². The number of carbonyl (C=O) groups excluding carboxylic acids is 1. The van der Waals surface area contributed by atoms with Gasteiger partial charge >= 0.3 is 5.69 Å². The molecule has 4 rings (SSSR count). The fourth-order valence-electron chi connectivity index (χ4n) is 2.62. The van der Waals surface area contributed by atoms with Gasteiger partial charge in [-0.2, -0.15) is 0 Å². The van der Waals surface area contributed by atoms with Crippen molar-refractivity contribution >= 4 is 28.1 Å². The third kappa shape index (κ3) is 2.69. The molecule has 2 heterocycles. The number of aromatic nitrogens is 4. The maximum Gasteiger partial charge on any atom is 0.352 e. The molecule has 0 spiro atoms. The van der Waals surface area contributed by atoms with Crippen molar-refractivity contribution in [1.29, 1.82) is 0 Å². The van der Waals surface area contributed by atoms with Crippen LogP contribution >= 0.6 is 0 Å². The first-order valence-electron chi connectivity index (χ1n) is 7.61. The van der Waals surface area contributed by atoms with Gasteiger partial charge in [-0.25, -0.2) is 27.6 Å². The van der Waals surface area contributed by atoms with Crippen molar-refractivity contribution < 1.29 is 13.6 Å². The minimum absolute atomic E-state index is 0.180. The molecule has 0 saturated carbocycles. The average molecular weight is 355 g/mol. The summed E-state index contributed by atoms with van der Waals surface area (Å²) < 4.78 is 28.7. The normalized spacial score (nSPS) is 11.2. The van der Waals surface area contributed by atoms with Crippen molar-refractivity contribution in [3.8, 4) is 0 Å². The fraction of sp³-hybridized carbons (Fsp3) is 0.0588. The first-order chi connectivity index (χ1) is 12.5. The molecular formula is C17H11F2N5O2. The molecule has 0 aliphatic heterocycles. The van der Waals surface area contributed by atoms with Gasteiger partial charge in [0, 0.05) is 11.5 Å². The summed E-state index contributed by atoms with van der Waals surface area (Å²) >= 11 is 0. The highest BCUT2D eigenvalue weighted by molar-refractivity contribution is 5.92. The topological polar surface area (TPSA) is 81.3 Å². The zero-order valence-corrected chi connectivity index (χ0v) is 13.2. The van der Waals surface area contributed by atoms with Crippen LogP contribution in [0.4, 0.5) is 14.5 Å². The second-order valence-corrected chi connectivity index (χ2v) is 5.57. The Hall–Kier alpha value is -3.62. The Kier molecular flexibility index (Phi) is 3.68. The van der Waals surface area contributed by atoms with Crippen LogP contribution in [0.5, 0.6) is 0 Å². The van der Waals surface area contributed by atoms with E-state index in [0.717, 1.165) is 16.8 Å². The number of fused-ring (bicyclic) bond motifs is 3. The van der Waals surface area contributed by atoms with E-state index in [1.807, 2.05) is 6.07 Å². The molecule has 0 aliphatic carbocycles. The van der Waals surface area contributed by atoms with Crippen LogP contribution in [-0.4, -0.2) is 25.1 Å². The molecule has 26 heavy (non-hydrogen) atoms. The highest BCUT2D eigenvalue weighted by Crippen LogP contribution is 2.16. The Morgan fingerprint density at radius 2 is 1.96 bits per heavy atom. The standard InChI is InChI=1S/C17H11F2N5O2/c18-10-5-6-14(12(19)7-10)21-15(25)8-24-17(26)23-9-20-13-4-2-1-3-11(13)16(23)22-24/h1-7,9H,8H2,(H,21,25). The maximum absolute atomic E-state index is 13.6. The predicted octanol–water partition coefficient (Wildman–Crippen LogP) is 1.96. The van der Waals surface area contributed by atoms with E-state index >= 15 is 0 Å². The smallest absolute Gasteiger partial charge is 0.322 e. The first-order valence-corrected chi connectivity index (χ1v) is 7.61. The third-order valence-electron chi connectivity index (χ3n) is 3.83. The lowest BCUT2D eigenvalue weighted by molar-refractivity contribution is -0.117. The quantitative estimate of drug-likeness (QED) is 0.609. The summed E-state index contributed by atoms with van der Waals surface area (Å²) in [7, 11) is 0. The number of rotatable bonds is 3. The predicted molar refractivity (Wildman–Crippen MR) is 89.7 cm³/mol. The number of nitrogens with one attached hydrogen (secondary N) is 1. The van der Waals surface area contributed by atoms with E-state index in [1.54, 1.807) is 18.2 Å². The number of hydrogen-bond donors (Lipinski definition) is 1. The molecule has 0 saturated heterocycles. The summed E-state index contributed by atoms with van der Waals surface area (Å²) in [5.74, 6) is -2.33. The summed E-state index contributed by atoms with van der Waals surface area (Å²) in [6, 6.07) is 9.93. The molecule has 0 radical (unpaired) electrons. The number of amides is 1. The molecule has 0 bridgehead atoms. The van der Waals surface area contributed by atoms with Gasteiger partial charge in [0.15, 0.2) is 5.65 Å². The van der Waals surface area contributed by atoms with Gasteiger partial charge in [-0.15, -0.1) is 5.10 Å². The van der Waals surface area contributed by atoms with Crippen molar-refractivity contribution in [2.24, 2.45) is 0 Å². The Morgan fingerprint density at radius 3 is 2.77 bits per heavy atom. The Balaban J connectivity index is 1.66. The van der Waals surface area contributed by atoms with Gasteiger partial charge in [0.05, 0.1) is 11.2 Å². The zero-order valence-electron chi connectivity index (χ0n) is 13.2. The molecule has 0 fully saturated rings. The number of nitrogens with zero attached hydrogens (tertiary/aromatic N) is 4. The van der Waals surface area contributed by atoms with Gasteiger partial charge in [-0.1, -0.05) is 12.1 Å². The first kappa shape index (κ1) is 15.9. The summed E-state index contributed by atoms with van der Waals surface area (Å²) in [6.45, 7) is -0.425. The van der Waals surface area contributed by atoms with E-state index in [0.29, 0.717) is 22.6 Å². The van der Waals surface area contributed by atoms with Crippen molar-refractivity contribution in [3.63, 3.8) is 0 Å². The van der Waals surface area contributed by atoms with Gasteiger partial charge in [-0.05, 0) is 24.3 Å². The second kappa shape index (κ2) is 6.03. The molecule has 130 valence electrons.